The van der Waals surface area contributed by atoms with E-state index in [4.69, 9.17) is 20.3 Å². The summed E-state index contributed by atoms with van der Waals surface area (Å²) in [6.07, 6.45) is 0.828. The van der Waals surface area contributed by atoms with Crippen LogP contribution in [-0.4, -0.2) is 49.8 Å². The smallest absolute Gasteiger partial charge is 0.222 e. The van der Waals surface area contributed by atoms with Gasteiger partial charge in [-0.2, -0.15) is 0 Å². The highest BCUT2D eigenvalue weighted by atomic mass is 16.5. The lowest BCUT2D eigenvalue weighted by Gasteiger charge is -2.18. The summed E-state index contributed by atoms with van der Waals surface area (Å²) < 4.78 is 10.9. The largest absolute Gasteiger partial charge is 0.493 e. The van der Waals surface area contributed by atoms with E-state index < -0.39 is 0 Å². The van der Waals surface area contributed by atoms with Gasteiger partial charge in [0.05, 0.1) is 20.3 Å². The van der Waals surface area contributed by atoms with Crippen LogP contribution in [0.15, 0.2) is 12.1 Å². The molecule has 0 aliphatic heterocycles. The quantitative estimate of drug-likeness (QED) is 0.701. The number of amides is 1. The molecule has 1 amide bonds. The average molecular weight is 296 g/mol. The number of aryl methyl sites for hydroxylation is 1. The number of likely N-dealkylation sites (N-methyl/N-ethyl adjacent to an activating group) is 1. The van der Waals surface area contributed by atoms with Gasteiger partial charge in [-0.1, -0.05) is 0 Å². The highest BCUT2D eigenvalue weighted by Gasteiger charge is 2.15. The molecule has 0 radical (unpaired) electrons. The number of carbonyl (C=O) groups is 1. The molecule has 0 saturated carbocycles. The molecule has 21 heavy (non-hydrogen) atoms. The van der Waals surface area contributed by atoms with Gasteiger partial charge in [-0.05, 0) is 19.4 Å². The van der Waals surface area contributed by atoms with Gasteiger partial charge in [-0.15, -0.1) is 0 Å². The van der Waals surface area contributed by atoms with Crippen molar-refractivity contribution in [1.82, 2.24) is 4.90 Å². The lowest BCUT2D eigenvalue weighted by molar-refractivity contribution is -0.130. The first-order chi connectivity index (χ1) is 10.0. The van der Waals surface area contributed by atoms with Crippen molar-refractivity contribution in [2.45, 2.75) is 19.8 Å². The highest BCUT2D eigenvalue weighted by molar-refractivity contribution is 5.76. The molecule has 0 atom stereocenters. The zero-order chi connectivity index (χ0) is 15.8. The first kappa shape index (κ1) is 17.1. The Morgan fingerprint density at radius 3 is 2.71 bits per heavy atom. The minimum atomic E-state index is -0.0431. The van der Waals surface area contributed by atoms with Crippen LogP contribution in [0.25, 0.3) is 0 Å². The average Bonchev–Trinajstić information content (AvgIpc) is 2.46. The molecule has 0 aliphatic rings. The van der Waals surface area contributed by atoms with Crippen molar-refractivity contribution in [3.8, 4) is 11.5 Å². The lowest BCUT2D eigenvalue weighted by atomic mass is 10.1. The number of hydrogen-bond donors (Lipinski definition) is 2. The van der Waals surface area contributed by atoms with Gasteiger partial charge in [-0.25, -0.2) is 0 Å². The summed E-state index contributed by atoms with van der Waals surface area (Å²) in [6.45, 7) is 2.68. The summed E-state index contributed by atoms with van der Waals surface area (Å²) in [4.78, 5) is 13.4. The number of nitrogen functional groups attached to an aromatic ring is 1. The highest BCUT2D eigenvalue weighted by Crippen LogP contribution is 2.34. The Kier molecular flexibility index (Phi) is 6.81. The monoisotopic (exact) mass is 296 g/mol. The van der Waals surface area contributed by atoms with Crippen LogP contribution in [0.2, 0.25) is 0 Å². The van der Waals surface area contributed by atoms with Gasteiger partial charge >= 0.3 is 0 Å². The molecule has 0 spiro atoms. The van der Waals surface area contributed by atoms with Gasteiger partial charge < -0.3 is 25.2 Å². The van der Waals surface area contributed by atoms with E-state index in [0.29, 0.717) is 43.2 Å². The van der Waals surface area contributed by atoms with Crippen LogP contribution in [0.1, 0.15) is 18.9 Å². The fourth-order valence-corrected chi connectivity index (χ4v) is 2.04. The van der Waals surface area contributed by atoms with Crippen LogP contribution in [0, 0.1) is 0 Å². The molecule has 0 aromatic heterocycles. The van der Waals surface area contributed by atoms with E-state index >= 15 is 0 Å². The summed E-state index contributed by atoms with van der Waals surface area (Å²) in [7, 11) is 3.23. The zero-order valence-electron chi connectivity index (χ0n) is 12.9. The Morgan fingerprint density at radius 2 is 2.14 bits per heavy atom. The number of aliphatic hydroxyl groups excluding tert-OH is 1. The van der Waals surface area contributed by atoms with Gasteiger partial charge in [0.25, 0.3) is 0 Å². The van der Waals surface area contributed by atoms with Gasteiger partial charge in [-0.3, -0.25) is 4.79 Å². The van der Waals surface area contributed by atoms with Crippen LogP contribution in [0.4, 0.5) is 5.69 Å². The predicted octanol–water partition coefficient (Wildman–Crippen LogP) is 1.06. The third-order valence-electron chi connectivity index (χ3n) is 3.13. The summed E-state index contributed by atoms with van der Waals surface area (Å²) in [5, 5.41) is 8.84. The van der Waals surface area contributed by atoms with Gasteiger partial charge in [0.2, 0.25) is 5.91 Å². The molecular weight excluding hydrogens is 272 g/mol. The number of anilines is 1. The van der Waals surface area contributed by atoms with Gasteiger partial charge in [0.1, 0.15) is 0 Å². The molecule has 1 rings (SSSR count). The molecule has 0 unspecified atom stereocenters. The maximum atomic E-state index is 11.9. The maximum Gasteiger partial charge on any atom is 0.222 e. The number of ether oxygens (including phenoxy) is 2. The number of nitrogens with two attached hydrogens (primary N) is 1. The summed E-state index contributed by atoms with van der Waals surface area (Å²) in [5.41, 5.74) is 7.27. The van der Waals surface area contributed by atoms with Crippen molar-refractivity contribution in [2.75, 3.05) is 39.6 Å². The van der Waals surface area contributed by atoms with Crippen LogP contribution in [0.5, 0.6) is 11.5 Å². The van der Waals surface area contributed by atoms with Crippen molar-refractivity contribution < 1.29 is 19.4 Å². The van der Waals surface area contributed by atoms with E-state index in [0.717, 1.165) is 5.56 Å². The van der Waals surface area contributed by atoms with Crippen LogP contribution >= 0.6 is 0 Å². The van der Waals surface area contributed by atoms with Crippen molar-refractivity contribution in [2.24, 2.45) is 0 Å². The normalized spacial score (nSPS) is 10.3. The molecule has 0 aliphatic carbocycles. The van der Waals surface area contributed by atoms with E-state index in [-0.39, 0.29) is 12.5 Å². The SMILES string of the molecule is CCOc1c(CCC(=O)N(C)CCO)cc(N)cc1OC. The summed E-state index contributed by atoms with van der Waals surface area (Å²) in [6, 6.07) is 3.50. The molecule has 3 N–H and O–H groups in total. The number of hydrogen-bond acceptors (Lipinski definition) is 5. The second-order valence-corrected chi connectivity index (χ2v) is 4.68. The van der Waals surface area contributed by atoms with Gasteiger partial charge in [0.15, 0.2) is 11.5 Å². The number of aliphatic hydroxyl groups is 1. The molecular formula is C15H24N2O4. The molecule has 0 bridgehead atoms. The summed E-state index contributed by atoms with van der Waals surface area (Å²) >= 11 is 0. The van der Waals surface area contributed by atoms with Crippen LogP contribution < -0.4 is 15.2 Å². The predicted molar refractivity (Wildman–Crippen MR) is 81.6 cm³/mol. The first-order valence-electron chi connectivity index (χ1n) is 6.97. The van der Waals surface area contributed by atoms with Crippen molar-refractivity contribution in [3.63, 3.8) is 0 Å². The Balaban J connectivity index is 2.86. The van der Waals surface area contributed by atoms with Crippen molar-refractivity contribution >= 4 is 11.6 Å². The Morgan fingerprint density at radius 1 is 1.43 bits per heavy atom. The van der Waals surface area contributed by atoms with E-state index in [1.54, 1.807) is 26.3 Å². The Hall–Kier alpha value is -1.95. The molecule has 6 heteroatoms. The lowest BCUT2D eigenvalue weighted by Crippen LogP contribution is -2.29. The molecule has 0 saturated heterocycles. The van der Waals surface area contributed by atoms with Crippen molar-refractivity contribution in [1.29, 1.82) is 0 Å². The van der Waals surface area contributed by atoms with E-state index in [1.165, 1.54) is 4.90 Å². The third kappa shape index (κ3) is 4.82. The fraction of sp³-hybridized carbons (Fsp3) is 0.533. The maximum absolute atomic E-state index is 11.9. The molecule has 1 aromatic rings. The third-order valence-corrected chi connectivity index (χ3v) is 3.13. The van der Waals surface area contributed by atoms with E-state index in [2.05, 4.69) is 0 Å². The second-order valence-electron chi connectivity index (χ2n) is 4.68. The Bertz CT molecular complexity index is 477. The second kappa shape index (κ2) is 8.36. The number of carbonyl (C=O) groups excluding carboxylic acids is 1. The Labute approximate surface area is 125 Å². The number of benzene rings is 1. The van der Waals surface area contributed by atoms with E-state index in [1.807, 2.05) is 6.92 Å². The molecule has 118 valence electrons. The van der Waals surface area contributed by atoms with E-state index in [9.17, 15) is 4.79 Å². The number of nitrogens with zero attached hydrogens (tertiary/aromatic N) is 1. The number of methoxy groups -OCH3 is 1. The number of rotatable bonds is 8. The molecule has 0 fully saturated rings. The van der Waals surface area contributed by atoms with Crippen LogP contribution in [-0.2, 0) is 11.2 Å². The standard InChI is InChI=1S/C15H24N2O4/c1-4-21-15-11(9-12(16)10-13(15)20-3)5-6-14(19)17(2)7-8-18/h9-10,18H,4-8,16H2,1-3H3. The fourth-order valence-electron chi connectivity index (χ4n) is 2.04. The zero-order valence-corrected chi connectivity index (χ0v) is 12.9. The first-order valence-corrected chi connectivity index (χ1v) is 6.97. The van der Waals surface area contributed by atoms with Crippen LogP contribution in [0.3, 0.4) is 0 Å². The molecule has 1 aromatic carbocycles. The minimum absolute atomic E-state index is 0.0344. The van der Waals surface area contributed by atoms with Gasteiger partial charge in [0, 0.05) is 37.3 Å². The van der Waals surface area contributed by atoms with Crippen molar-refractivity contribution in [3.05, 3.63) is 17.7 Å². The topological polar surface area (TPSA) is 85.0 Å². The summed E-state index contributed by atoms with van der Waals surface area (Å²) in [5.74, 6) is 1.17. The minimum Gasteiger partial charge on any atom is -0.493 e. The molecule has 0 heterocycles. The molecule has 6 nitrogen and oxygen atoms in total.